The van der Waals surface area contributed by atoms with Crippen LogP contribution in [0.3, 0.4) is 0 Å². The monoisotopic (exact) mass is 244 g/mol. The van der Waals surface area contributed by atoms with Crippen LogP contribution in [0.15, 0.2) is 16.5 Å². The van der Waals surface area contributed by atoms with Crippen LogP contribution in [-0.4, -0.2) is 40.5 Å². The van der Waals surface area contributed by atoms with E-state index in [0.29, 0.717) is 0 Å². The summed E-state index contributed by atoms with van der Waals surface area (Å²) in [7, 11) is 1.15. The van der Waals surface area contributed by atoms with Crippen LogP contribution in [0.4, 0.5) is 0 Å². The summed E-state index contributed by atoms with van der Waals surface area (Å²) in [5.41, 5.74) is 0. The number of esters is 1. The van der Waals surface area contributed by atoms with Gasteiger partial charge in [-0.25, -0.2) is 4.79 Å². The molecule has 0 spiro atoms. The fourth-order valence-corrected chi connectivity index (χ4v) is 1.18. The molecule has 2 unspecified atom stereocenters. The van der Waals surface area contributed by atoms with Crippen molar-refractivity contribution >= 4 is 11.9 Å². The van der Waals surface area contributed by atoms with Gasteiger partial charge in [-0.05, 0) is 12.1 Å². The first-order valence-electron chi connectivity index (χ1n) is 4.71. The Kier molecular flexibility index (Phi) is 4.24. The summed E-state index contributed by atoms with van der Waals surface area (Å²) >= 11 is 0. The minimum Gasteiger partial charge on any atom is -0.475 e. The number of carboxylic acids is 1. The standard InChI is InChI=1S/C10H12O7/c1-16-8(12)4-5(11)9(13)6-2-3-7(17-6)10(14)15/h2-3,5,9,11,13H,4H2,1H3,(H,14,15). The van der Waals surface area contributed by atoms with Gasteiger partial charge in [0.05, 0.1) is 19.6 Å². The lowest BCUT2D eigenvalue weighted by Gasteiger charge is -2.14. The largest absolute Gasteiger partial charge is 0.475 e. The van der Waals surface area contributed by atoms with Crippen LogP contribution in [0.2, 0.25) is 0 Å². The molecule has 0 fully saturated rings. The molecule has 3 N–H and O–H groups in total. The third-order valence-electron chi connectivity index (χ3n) is 2.10. The van der Waals surface area contributed by atoms with Crippen LogP contribution in [-0.2, 0) is 9.53 Å². The van der Waals surface area contributed by atoms with Crippen molar-refractivity contribution in [2.75, 3.05) is 7.11 Å². The topological polar surface area (TPSA) is 117 Å². The lowest BCUT2D eigenvalue weighted by atomic mass is 10.1. The lowest BCUT2D eigenvalue weighted by molar-refractivity contribution is -0.145. The van der Waals surface area contributed by atoms with Crippen LogP contribution >= 0.6 is 0 Å². The maximum atomic E-state index is 10.9. The van der Waals surface area contributed by atoms with Crippen molar-refractivity contribution in [1.29, 1.82) is 0 Å². The van der Waals surface area contributed by atoms with Gasteiger partial charge in [0.2, 0.25) is 5.76 Å². The summed E-state index contributed by atoms with van der Waals surface area (Å²) in [5.74, 6) is -2.46. The Balaban J connectivity index is 2.70. The molecule has 1 aromatic heterocycles. The fraction of sp³-hybridized carbons (Fsp3) is 0.400. The van der Waals surface area contributed by atoms with Gasteiger partial charge >= 0.3 is 11.9 Å². The second-order valence-corrected chi connectivity index (χ2v) is 3.30. The molecular weight excluding hydrogens is 232 g/mol. The molecule has 1 aromatic rings. The molecule has 0 amide bonds. The van der Waals surface area contributed by atoms with Gasteiger partial charge in [-0.3, -0.25) is 4.79 Å². The van der Waals surface area contributed by atoms with Crippen molar-refractivity contribution in [2.24, 2.45) is 0 Å². The summed E-state index contributed by atoms with van der Waals surface area (Å²) < 4.78 is 9.10. The van der Waals surface area contributed by atoms with E-state index in [1.165, 1.54) is 6.07 Å². The van der Waals surface area contributed by atoms with Gasteiger partial charge in [0.15, 0.2) is 0 Å². The van der Waals surface area contributed by atoms with Crippen molar-refractivity contribution in [3.63, 3.8) is 0 Å². The number of aliphatic hydroxyl groups is 2. The number of aromatic carboxylic acids is 1. The zero-order valence-electron chi connectivity index (χ0n) is 8.99. The highest BCUT2D eigenvalue weighted by molar-refractivity contribution is 5.84. The zero-order chi connectivity index (χ0) is 13.0. The van der Waals surface area contributed by atoms with E-state index in [-0.39, 0.29) is 11.5 Å². The smallest absolute Gasteiger partial charge is 0.371 e. The molecule has 2 atom stereocenters. The van der Waals surface area contributed by atoms with Gasteiger partial charge in [0.1, 0.15) is 11.9 Å². The van der Waals surface area contributed by atoms with E-state index < -0.39 is 30.6 Å². The van der Waals surface area contributed by atoms with Crippen LogP contribution in [0, 0.1) is 0 Å². The molecule has 1 rings (SSSR count). The average Bonchev–Trinajstić information content (AvgIpc) is 2.77. The second-order valence-electron chi connectivity index (χ2n) is 3.30. The van der Waals surface area contributed by atoms with Gasteiger partial charge in [0.25, 0.3) is 0 Å². The summed E-state index contributed by atoms with van der Waals surface area (Å²) in [5, 5.41) is 27.6. The summed E-state index contributed by atoms with van der Waals surface area (Å²) in [4.78, 5) is 21.4. The van der Waals surface area contributed by atoms with Crippen LogP contribution < -0.4 is 0 Å². The van der Waals surface area contributed by atoms with Crippen LogP contribution in [0.1, 0.15) is 28.8 Å². The molecule has 7 heteroatoms. The maximum absolute atomic E-state index is 10.9. The molecule has 0 aliphatic carbocycles. The molecule has 0 aliphatic rings. The number of carboxylic acid groups (broad SMARTS) is 1. The Bertz CT molecular complexity index is 409. The van der Waals surface area contributed by atoms with Crippen molar-refractivity contribution in [3.05, 3.63) is 23.7 Å². The van der Waals surface area contributed by atoms with E-state index in [4.69, 9.17) is 9.52 Å². The SMILES string of the molecule is COC(=O)CC(O)C(O)c1ccc(C(=O)O)o1. The third kappa shape index (κ3) is 3.30. The minimum absolute atomic E-state index is 0.126. The zero-order valence-corrected chi connectivity index (χ0v) is 8.99. The van der Waals surface area contributed by atoms with Gasteiger partial charge in [0, 0.05) is 0 Å². The Labute approximate surface area is 96.2 Å². The first-order valence-corrected chi connectivity index (χ1v) is 4.71. The predicted molar refractivity (Wildman–Crippen MR) is 53.3 cm³/mol. The van der Waals surface area contributed by atoms with E-state index >= 15 is 0 Å². The number of methoxy groups -OCH3 is 1. The average molecular weight is 244 g/mol. The maximum Gasteiger partial charge on any atom is 0.371 e. The Morgan fingerprint density at radius 1 is 1.41 bits per heavy atom. The van der Waals surface area contributed by atoms with E-state index in [0.717, 1.165) is 13.2 Å². The number of carbonyl (C=O) groups is 2. The minimum atomic E-state index is -1.48. The molecule has 0 bridgehead atoms. The summed E-state index contributed by atoms with van der Waals surface area (Å²) in [6, 6.07) is 2.36. The first kappa shape index (κ1) is 13.2. The highest BCUT2D eigenvalue weighted by Gasteiger charge is 2.25. The molecule has 94 valence electrons. The fourth-order valence-electron chi connectivity index (χ4n) is 1.18. The molecule has 0 aliphatic heterocycles. The van der Waals surface area contributed by atoms with Crippen molar-refractivity contribution in [3.8, 4) is 0 Å². The van der Waals surface area contributed by atoms with Crippen LogP contribution in [0.25, 0.3) is 0 Å². The summed E-state index contributed by atoms with van der Waals surface area (Å²) in [6.45, 7) is 0. The molecule has 0 radical (unpaired) electrons. The Morgan fingerprint density at radius 2 is 2.06 bits per heavy atom. The molecule has 1 heterocycles. The predicted octanol–water partition coefficient (Wildman–Crippen LogP) is -0.0648. The highest BCUT2D eigenvalue weighted by atomic mass is 16.5. The van der Waals surface area contributed by atoms with Gasteiger partial charge < -0.3 is 24.5 Å². The highest BCUT2D eigenvalue weighted by Crippen LogP contribution is 2.21. The number of aliphatic hydroxyl groups excluding tert-OH is 2. The Morgan fingerprint density at radius 3 is 2.53 bits per heavy atom. The molecule has 0 aromatic carbocycles. The molecule has 0 saturated carbocycles. The quantitative estimate of drug-likeness (QED) is 0.621. The molecule has 7 nitrogen and oxygen atoms in total. The number of hydrogen-bond donors (Lipinski definition) is 3. The number of hydrogen-bond acceptors (Lipinski definition) is 6. The first-order chi connectivity index (χ1) is 7.95. The lowest BCUT2D eigenvalue weighted by Crippen LogP contribution is -2.22. The van der Waals surface area contributed by atoms with E-state index in [1.54, 1.807) is 0 Å². The van der Waals surface area contributed by atoms with Gasteiger partial charge in [-0.2, -0.15) is 0 Å². The van der Waals surface area contributed by atoms with E-state index in [9.17, 15) is 19.8 Å². The number of furan rings is 1. The van der Waals surface area contributed by atoms with Gasteiger partial charge in [-0.1, -0.05) is 0 Å². The molecular formula is C10H12O7. The van der Waals surface area contributed by atoms with Gasteiger partial charge in [-0.15, -0.1) is 0 Å². The van der Waals surface area contributed by atoms with Crippen molar-refractivity contribution in [2.45, 2.75) is 18.6 Å². The van der Waals surface area contributed by atoms with E-state index in [1.807, 2.05) is 0 Å². The van der Waals surface area contributed by atoms with Crippen molar-refractivity contribution in [1.82, 2.24) is 0 Å². The molecule has 0 saturated heterocycles. The van der Waals surface area contributed by atoms with E-state index in [2.05, 4.69) is 4.74 Å². The third-order valence-corrected chi connectivity index (χ3v) is 2.10. The van der Waals surface area contributed by atoms with Crippen molar-refractivity contribution < 1.29 is 34.1 Å². The number of carbonyl (C=O) groups excluding carboxylic acids is 1. The second kappa shape index (κ2) is 5.46. The molecule has 17 heavy (non-hydrogen) atoms. The Hall–Kier alpha value is -1.86. The summed E-state index contributed by atoms with van der Waals surface area (Å²) in [6.07, 6.45) is -3.32. The van der Waals surface area contributed by atoms with Crippen LogP contribution in [0.5, 0.6) is 0 Å². The normalized spacial score (nSPS) is 14.1. The number of ether oxygens (including phenoxy) is 1. The number of rotatable bonds is 5.